The second-order valence-corrected chi connectivity index (χ2v) is 5.35. The van der Waals surface area contributed by atoms with Crippen molar-refractivity contribution < 1.29 is 9.32 Å². The van der Waals surface area contributed by atoms with E-state index in [1.54, 1.807) is 6.92 Å². The monoisotopic (exact) mass is 299 g/mol. The highest BCUT2D eigenvalue weighted by Crippen LogP contribution is 2.25. The number of H-pyrrole nitrogens is 1. The zero-order valence-corrected chi connectivity index (χ0v) is 12.9. The lowest BCUT2D eigenvalue weighted by Gasteiger charge is -2.06. The molecule has 3 aromatic rings. The number of fused-ring (bicyclic) bond motifs is 1. The first-order valence-electron chi connectivity index (χ1n) is 6.99. The first-order valence-corrected chi connectivity index (χ1v) is 6.99. The van der Waals surface area contributed by atoms with Crippen LogP contribution in [0.5, 0.6) is 0 Å². The second kappa shape index (κ2) is 5.25. The summed E-state index contributed by atoms with van der Waals surface area (Å²) in [6, 6.07) is 0. The van der Waals surface area contributed by atoms with Crippen LogP contribution in [0.3, 0.4) is 0 Å². The van der Waals surface area contributed by atoms with Crippen molar-refractivity contribution in [3.8, 4) is 0 Å². The van der Waals surface area contributed by atoms with E-state index in [1.807, 2.05) is 20.8 Å². The van der Waals surface area contributed by atoms with Crippen molar-refractivity contribution in [2.45, 2.75) is 34.1 Å². The van der Waals surface area contributed by atoms with Crippen molar-refractivity contribution >= 4 is 22.8 Å². The molecule has 0 bridgehead atoms. The lowest BCUT2D eigenvalue weighted by Crippen LogP contribution is -2.16. The van der Waals surface area contributed by atoms with E-state index in [4.69, 9.17) is 4.52 Å². The van der Waals surface area contributed by atoms with Crippen LogP contribution in [0.25, 0.3) is 11.0 Å². The zero-order chi connectivity index (χ0) is 15.9. The van der Waals surface area contributed by atoms with Gasteiger partial charge in [-0.05, 0) is 33.3 Å². The third kappa shape index (κ3) is 2.34. The number of carbonyl (C=O) groups is 1. The fourth-order valence-electron chi connectivity index (χ4n) is 2.48. The molecule has 0 aliphatic heterocycles. The number of nitrogens with one attached hydrogen (secondary N) is 2. The lowest BCUT2D eigenvalue weighted by atomic mass is 10.1. The summed E-state index contributed by atoms with van der Waals surface area (Å²) in [6.45, 7) is 7.56. The number of hydrogen-bond donors (Lipinski definition) is 2. The average Bonchev–Trinajstić information content (AvgIpc) is 2.94. The molecule has 3 aromatic heterocycles. The van der Waals surface area contributed by atoms with E-state index in [-0.39, 0.29) is 12.3 Å². The van der Waals surface area contributed by atoms with Gasteiger partial charge in [-0.1, -0.05) is 5.16 Å². The largest absolute Gasteiger partial charge is 0.361 e. The van der Waals surface area contributed by atoms with Crippen molar-refractivity contribution in [2.75, 3.05) is 5.32 Å². The maximum atomic E-state index is 12.3. The number of aromatic nitrogens is 4. The Kier molecular flexibility index (Phi) is 3.40. The van der Waals surface area contributed by atoms with Gasteiger partial charge in [-0.25, -0.2) is 9.97 Å². The van der Waals surface area contributed by atoms with Gasteiger partial charge in [0.2, 0.25) is 5.91 Å². The Labute approximate surface area is 127 Å². The summed E-state index contributed by atoms with van der Waals surface area (Å²) in [7, 11) is 0. The minimum Gasteiger partial charge on any atom is -0.361 e. The predicted octanol–water partition coefficient (Wildman–Crippen LogP) is 2.36. The van der Waals surface area contributed by atoms with E-state index in [1.165, 1.54) is 6.33 Å². The average molecular weight is 299 g/mol. The van der Waals surface area contributed by atoms with Gasteiger partial charge in [0.05, 0.1) is 17.5 Å². The van der Waals surface area contributed by atoms with E-state index in [2.05, 4.69) is 25.4 Å². The van der Waals surface area contributed by atoms with Crippen molar-refractivity contribution in [3.05, 3.63) is 34.6 Å². The molecule has 3 rings (SSSR count). The number of hydrogen-bond acceptors (Lipinski definition) is 5. The Morgan fingerprint density at radius 3 is 2.73 bits per heavy atom. The molecule has 0 radical (unpaired) electrons. The maximum Gasteiger partial charge on any atom is 0.230 e. The molecule has 0 atom stereocenters. The standard InChI is InChI=1S/C15H17N5O2/c1-7-8(2)18-14-13(7)15(17-6-16-14)19-12(21)5-11-9(3)20-22-10(11)4/h6H,5H2,1-4H3,(H2,16,17,18,19,21). The van der Waals surface area contributed by atoms with E-state index in [9.17, 15) is 4.79 Å². The van der Waals surface area contributed by atoms with Crippen molar-refractivity contribution in [1.82, 2.24) is 20.1 Å². The summed E-state index contributed by atoms with van der Waals surface area (Å²) in [4.78, 5) is 23.9. The molecule has 0 spiro atoms. The van der Waals surface area contributed by atoms with Gasteiger partial charge in [-0.15, -0.1) is 0 Å². The minimum atomic E-state index is -0.160. The molecule has 22 heavy (non-hydrogen) atoms. The fourth-order valence-corrected chi connectivity index (χ4v) is 2.48. The van der Waals surface area contributed by atoms with Crippen LogP contribution >= 0.6 is 0 Å². The molecule has 7 heteroatoms. The normalized spacial score (nSPS) is 11.1. The number of rotatable bonds is 3. The van der Waals surface area contributed by atoms with Crippen LogP contribution in [-0.4, -0.2) is 26.0 Å². The molecular formula is C15H17N5O2. The molecule has 0 aromatic carbocycles. The molecule has 0 unspecified atom stereocenters. The van der Waals surface area contributed by atoms with E-state index < -0.39 is 0 Å². The third-order valence-corrected chi connectivity index (χ3v) is 3.87. The van der Waals surface area contributed by atoms with Crippen LogP contribution in [0, 0.1) is 27.7 Å². The molecule has 3 heterocycles. The quantitative estimate of drug-likeness (QED) is 0.774. The van der Waals surface area contributed by atoms with E-state index >= 15 is 0 Å². The van der Waals surface area contributed by atoms with E-state index in [0.29, 0.717) is 11.6 Å². The van der Waals surface area contributed by atoms with Crippen molar-refractivity contribution in [3.63, 3.8) is 0 Å². The molecule has 0 fully saturated rings. The Hall–Kier alpha value is -2.70. The fraction of sp³-hybridized carbons (Fsp3) is 0.333. The highest BCUT2D eigenvalue weighted by molar-refractivity contribution is 6.00. The van der Waals surface area contributed by atoms with Gasteiger partial charge in [0, 0.05) is 11.3 Å². The minimum absolute atomic E-state index is 0.160. The van der Waals surface area contributed by atoms with Crippen molar-refractivity contribution in [1.29, 1.82) is 0 Å². The van der Waals surface area contributed by atoms with Gasteiger partial charge in [0.1, 0.15) is 23.6 Å². The van der Waals surface area contributed by atoms with Gasteiger partial charge in [-0.3, -0.25) is 4.79 Å². The summed E-state index contributed by atoms with van der Waals surface area (Å²) >= 11 is 0. The molecule has 0 saturated heterocycles. The SMILES string of the molecule is Cc1noc(C)c1CC(=O)Nc1ncnc2[nH]c(C)c(C)c12. The van der Waals surface area contributed by atoms with Gasteiger partial charge >= 0.3 is 0 Å². The summed E-state index contributed by atoms with van der Waals surface area (Å²) in [5, 5.41) is 7.55. The highest BCUT2D eigenvalue weighted by atomic mass is 16.5. The summed E-state index contributed by atoms with van der Waals surface area (Å²) < 4.78 is 5.08. The molecule has 0 saturated carbocycles. The van der Waals surface area contributed by atoms with Crippen LogP contribution in [0.1, 0.15) is 28.3 Å². The molecule has 114 valence electrons. The van der Waals surface area contributed by atoms with Crippen LogP contribution in [0.15, 0.2) is 10.9 Å². The van der Waals surface area contributed by atoms with Crippen LogP contribution in [0.4, 0.5) is 5.82 Å². The van der Waals surface area contributed by atoms with Crippen LogP contribution in [0.2, 0.25) is 0 Å². The first kappa shape index (κ1) is 14.2. The smallest absolute Gasteiger partial charge is 0.230 e. The predicted molar refractivity (Wildman–Crippen MR) is 81.7 cm³/mol. The highest BCUT2D eigenvalue weighted by Gasteiger charge is 2.16. The second-order valence-electron chi connectivity index (χ2n) is 5.35. The summed E-state index contributed by atoms with van der Waals surface area (Å²) in [5.74, 6) is 1.02. The van der Waals surface area contributed by atoms with E-state index in [0.717, 1.165) is 33.5 Å². The first-order chi connectivity index (χ1) is 10.5. The van der Waals surface area contributed by atoms with Crippen molar-refractivity contribution in [2.24, 2.45) is 0 Å². The Bertz CT molecular complexity index is 843. The molecule has 0 aliphatic rings. The molecule has 2 N–H and O–H groups in total. The molecule has 7 nitrogen and oxygen atoms in total. The topological polar surface area (TPSA) is 96.7 Å². The zero-order valence-electron chi connectivity index (χ0n) is 12.9. The summed E-state index contributed by atoms with van der Waals surface area (Å²) in [5.41, 5.74) is 4.30. The number of anilines is 1. The molecule has 1 amide bonds. The van der Waals surface area contributed by atoms with Gasteiger partial charge in [0.15, 0.2) is 0 Å². The van der Waals surface area contributed by atoms with Crippen LogP contribution in [-0.2, 0) is 11.2 Å². The number of carbonyl (C=O) groups excluding carboxylic acids is 1. The number of aromatic amines is 1. The number of aryl methyl sites for hydroxylation is 4. The van der Waals surface area contributed by atoms with Gasteiger partial charge < -0.3 is 14.8 Å². The Morgan fingerprint density at radius 2 is 2.05 bits per heavy atom. The maximum absolute atomic E-state index is 12.3. The Balaban J connectivity index is 1.89. The number of amides is 1. The van der Waals surface area contributed by atoms with Gasteiger partial charge in [-0.2, -0.15) is 0 Å². The molecule has 0 aliphatic carbocycles. The van der Waals surface area contributed by atoms with Crippen LogP contribution < -0.4 is 5.32 Å². The Morgan fingerprint density at radius 1 is 1.27 bits per heavy atom. The number of nitrogens with zero attached hydrogens (tertiary/aromatic N) is 3. The lowest BCUT2D eigenvalue weighted by molar-refractivity contribution is -0.115. The molecular weight excluding hydrogens is 282 g/mol. The summed E-state index contributed by atoms with van der Waals surface area (Å²) in [6.07, 6.45) is 1.64. The van der Waals surface area contributed by atoms with Gasteiger partial charge in [0.25, 0.3) is 0 Å². The third-order valence-electron chi connectivity index (χ3n) is 3.87.